The Morgan fingerprint density at radius 3 is 2.93 bits per heavy atom. The molecule has 0 bridgehead atoms. The molecule has 1 aliphatic rings. The molecule has 0 spiro atoms. The van der Waals surface area contributed by atoms with Crippen molar-refractivity contribution in [3.05, 3.63) is 30.1 Å². The van der Waals surface area contributed by atoms with Crippen LogP contribution in [-0.4, -0.2) is 40.7 Å². The predicted octanol–water partition coefficient (Wildman–Crippen LogP) is -0.242. The molecule has 2 heterocycles. The third-order valence-electron chi connectivity index (χ3n) is 2.62. The number of aliphatic hydroxyl groups excluding tert-OH is 1. The van der Waals surface area contributed by atoms with Gasteiger partial charge in [0, 0.05) is 38.1 Å². The Balaban J connectivity index is 2.07. The average Bonchev–Trinajstić information content (AvgIpc) is 2.18. The highest BCUT2D eigenvalue weighted by Crippen LogP contribution is 2.23. The van der Waals surface area contributed by atoms with E-state index in [-0.39, 0.29) is 12.1 Å². The fourth-order valence-corrected chi connectivity index (χ4v) is 1.81. The summed E-state index contributed by atoms with van der Waals surface area (Å²) >= 11 is 0. The molecule has 0 amide bonds. The minimum absolute atomic E-state index is 0.180. The van der Waals surface area contributed by atoms with Gasteiger partial charge in [-0.3, -0.25) is 9.88 Å². The number of pyridine rings is 1. The number of nitrogens with two attached hydrogens (primary N) is 1. The number of aromatic nitrogens is 1. The summed E-state index contributed by atoms with van der Waals surface area (Å²) in [6.07, 6.45) is 3.41. The van der Waals surface area contributed by atoms with E-state index in [1.54, 1.807) is 6.20 Å². The zero-order valence-corrected chi connectivity index (χ0v) is 8.00. The Morgan fingerprint density at radius 2 is 2.43 bits per heavy atom. The summed E-state index contributed by atoms with van der Waals surface area (Å²) in [7, 11) is 0. The molecule has 76 valence electrons. The highest BCUT2D eigenvalue weighted by Gasteiger charge is 2.30. The molecule has 14 heavy (non-hydrogen) atoms. The summed E-state index contributed by atoms with van der Waals surface area (Å²) < 4.78 is 0. The quantitative estimate of drug-likeness (QED) is 0.695. The maximum Gasteiger partial charge on any atom is 0.0794 e. The summed E-state index contributed by atoms with van der Waals surface area (Å²) in [6, 6.07) is 4.13. The van der Waals surface area contributed by atoms with E-state index in [4.69, 9.17) is 5.73 Å². The van der Waals surface area contributed by atoms with Crippen molar-refractivity contribution in [2.45, 2.75) is 12.1 Å². The lowest BCUT2D eigenvalue weighted by atomic mass is 10.0. The summed E-state index contributed by atoms with van der Waals surface area (Å²) in [5.41, 5.74) is 6.84. The first-order valence-corrected chi connectivity index (χ1v) is 4.83. The number of hydrogen-bond donors (Lipinski definition) is 2. The Bertz CT molecular complexity index is 285. The minimum Gasteiger partial charge on any atom is -0.390 e. The second-order valence-corrected chi connectivity index (χ2v) is 3.65. The summed E-state index contributed by atoms with van der Waals surface area (Å²) in [4.78, 5) is 6.24. The molecule has 1 saturated heterocycles. The standard InChI is InChI=1S/C10H15N3O/c11-4-10(13-6-9(14)7-13)8-2-1-3-12-5-8/h1-3,5,9-10,14H,4,6-7,11H2. The number of nitrogens with zero attached hydrogens (tertiary/aromatic N) is 2. The number of aliphatic hydroxyl groups is 1. The van der Waals surface area contributed by atoms with E-state index < -0.39 is 0 Å². The molecule has 4 nitrogen and oxygen atoms in total. The van der Waals surface area contributed by atoms with Crippen LogP contribution in [0.3, 0.4) is 0 Å². The maximum atomic E-state index is 9.21. The normalized spacial score (nSPS) is 20.4. The monoisotopic (exact) mass is 193 g/mol. The molecule has 2 rings (SSSR count). The topological polar surface area (TPSA) is 62.4 Å². The van der Waals surface area contributed by atoms with Gasteiger partial charge >= 0.3 is 0 Å². The third-order valence-corrected chi connectivity index (χ3v) is 2.62. The molecule has 1 aliphatic heterocycles. The first kappa shape index (κ1) is 9.58. The molecule has 3 N–H and O–H groups in total. The Hall–Kier alpha value is -0.970. The SMILES string of the molecule is NCC(c1cccnc1)N1CC(O)C1. The van der Waals surface area contributed by atoms with E-state index in [9.17, 15) is 5.11 Å². The van der Waals surface area contributed by atoms with Crippen molar-refractivity contribution in [1.82, 2.24) is 9.88 Å². The van der Waals surface area contributed by atoms with Gasteiger partial charge in [0.1, 0.15) is 0 Å². The summed E-state index contributed by atoms with van der Waals surface area (Å²) in [5.74, 6) is 0. The van der Waals surface area contributed by atoms with Gasteiger partial charge in [0.2, 0.25) is 0 Å². The van der Waals surface area contributed by atoms with Crippen LogP contribution in [0.2, 0.25) is 0 Å². The third kappa shape index (κ3) is 1.77. The van der Waals surface area contributed by atoms with E-state index in [2.05, 4.69) is 9.88 Å². The van der Waals surface area contributed by atoms with Crippen molar-refractivity contribution in [3.8, 4) is 0 Å². The smallest absolute Gasteiger partial charge is 0.0794 e. The van der Waals surface area contributed by atoms with E-state index >= 15 is 0 Å². The highest BCUT2D eigenvalue weighted by atomic mass is 16.3. The van der Waals surface area contributed by atoms with E-state index in [1.165, 1.54) is 0 Å². The highest BCUT2D eigenvalue weighted by molar-refractivity contribution is 5.15. The zero-order chi connectivity index (χ0) is 9.97. The Labute approximate surface area is 83.4 Å². The lowest BCUT2D eigenvalue weighted by Crippen LogP contribution is -2.53. The number of hydrogen-bond acceptors (Lipinski definition) is 4. The van der Waals surface area contributed by atoms with Crippen LogP contribution >= 0.6 is 0 Å². The molecule has 1 aromatic heterocycles. The maximum absolute atomic E-state index is 9.21. The van der Waals surface area contributed by atoms with Crippen molar-refractivity contribution in [2.75, 3.05) is 19.6 Å². The van der Waals surface area contributed by atoms with Crippen molar-refractivity contribution >= 4 is 0 Å². The molecule has 1 aromatic rings. The molecule has 4 heteroatoms. The lowest BCUT2D eigenvalue weighted by molar-refractivity contribution is -0.0234. The van der Waals surface area contributed by atoms with Crippen LogP contribution in [-0.2, 0) is 0 Å². The minimum atomic E-state index is -0.180. The molecular formula is C10H15N3O. The van der Waals surface area contributed by atoms with Gasteiger partial charge in [-0.15, -0.1) is 0 Å². The predicted molar refractivity (Wildman–Crippen MR) is 53.6 cm³/mol. The second-order valence-electron chi connectivity index (χ2n) is 3.65. The van der Waals surface area contributed by atoms with Gasteiger partial charge in [0.05, 0.1) is 6.10 Å². The number of likely N-dealkylation sites (tertiary alicyclic amines) is 1. The fraction of sp³-hybridized carbons (Fsp3) is 0.500. The van der Waals surface area contributed by atoms with Crippen LogP contribution in [0.4, 0.5) is 0 Å². The van der Waals surface area contributed by atoms with Crippen LogP contribution in [0.1, 0.15) is 11.6 Å². The molecule has 0 saturated carbocycles. The van der Waals surface area contributed by atoms with E-state index in [0.29, 0.717) is 6.54 Å². The molecule has 0 radical (unpaired) electrons. The van der Waals surface area contributed by atoms with Crippen LogP contribution in [0, 0.1) is 0 Å². The van der Waals surface area contributed by atoms with Gasteiger partial charge in [0.15, 0.2) is 0 Å². The van der Waals surface area contributed by atoms with Crippen molar-refractivity contribution in [3.63, 3.8) is 0 Å². The summed E-state index contributed by atoms with van der Waals surface area (Å²) in [5, 5.41) is 9.21. The van der Waals surface area contributed by atoms with Crippen LogP contribution < -0.4 is 5.73 Å². The van der Waals surface area contributed by atoms with Crippen LogP contribution in [0.25, 0.3) is 0 Å². The van der Waals surface area contributed by atoms with Gasteiger partial charge < -0.3 is 10.8 Å². The second kappa shape index (κ2) is 4.04. The van der Waals surface area contributed by atoms with Gasteiger partial charge in [-0.25, -0.2) is 0 Å². The number of rotatable bonds is 3. The first-order chi connectivity index (χ1) is 6.81. The average molecular weight is 193 g/mol. The van der Waals surface area contributed by atoms with Crippen molar-refractivity contribution in [2.24, 2.45) is 5.73 Å². The molecular weight excluding hydrogens is 178 g/mol. The molecule has 1 atom stereocenters. The van der Waals surface area contributed by atoms with Gasteiger partial charge in [-0.1, -0.05) is 6.07 Å². The van der Waals surface area contributed by atoms with Crippen LogP contribution in [0.5, 0.6) is 0 Å². The number of β-amino-alcohol motifs (C(OH)–C–C–N with tert-alkyl or cyclic N) is 1. The Kier molecular flexibility index (Phi) is 2.77. The van der Waals surface area contributed by atoms with E-state index in [0.717, 1.165) is 18.7 Å². The van der Waals surface area contributed by atoms with Gasteiger partial charge in [-0.05, 0) is 11.6 Å². The molecule has 0 aliphatic carbocycles. The zero-order valence-electron chi connectivity index (χ0n) is 8.00. The first-order valence-electron chi connectivity index (χ1n) is 4.83. The molecule has 0 aromatic carbocycles. The van der Waals surface area contributed by atoms with Gasteiger partial charge in [0.25, 0.3) is 0 Å². The molecule has 1 fully saturated rings. The van der Waals surface area contributed by atoms with E-state index in [1.807, 2.05) is 18.3 Å². The molecule has 1 unspecified atom stereocenters. The summed E-state index contributed by atoms with van der Waals surface area (Å²) in [6.45, 7) is 2.01. The van der Waals surface area contributed by atoms with Crippen molar-refractivity contribution < 1.29 is 5.11 Å². The Morgan fingerprint density at radius 1 is 1.64 bits per heavy atom. The van der Waals surface area contributed by atoms with Crippen molar-refractivity contribution in [1.29, 1.82) is 0 Å². The van der Waals surface area contributed by atoms with Gasteiger partial charge in [-0.2, -0.15) is 0 Å². The van der Waals surface area contributed by atoms with Crippen LogP contribution in [0.15, 0.2) is 24.5 Å². The fourth-order valence-electron chi connectivity index (χ4n) is 1.81. The lowest BCUT2D eigenvalue weighted by Gasteiger charge is -2.41. The largest absolute Gasteiger partial charge is 0.390 e.